The van der Waals surface area contributed by atoms with Gasteiger partial charge in [0.2, 0.25) is 11.8 Å². The zero-order valence-electron chi connectivity index (χ0n) is 11.9. The van der Waals surface area contributed by atoms with Gasteiger partial charge >= 0.3 is 12.0 Å². The summed E-state index contributed by atoms with van der Waals surface area (Å²) in [5, 5.41) is 1.73. The smallest absolute Gasteiger partial charge is 0.326 e. The number of carbonyl (C=O) groups is 5. The van der Waals surface area contributed by atoms with Crippen molar-refractivity contribution in [2.75, 3.05) is 13.2 Å². The first-order chi connectivity index (χ1) is 10.4. The van der Waals surface area contributed by atoms with Crippen LogP contribution in [0.1, 0.15) is 25.7 Å². The van der Waals surface area contributed by atoms with Crippen molar-refractivity contribution in [1.82, 2.24) is 10.2 Å². The SMILES string of the molecule is NC(=O)NC(=O)COC(=O)CN1C(=O)[C@H]2CCCC[C@H]2C1=O. The van der Waals surface area contributed by atoms with Crippen molar-refractivity contribution in [3.05, 3.63) is 0 Å². The summed E-state index contributed by atoms with van der Waals surface area (Å²) in [6.45, 7) is -1.22. The normalized spacial score (nSPS) is 23.9. The molecule has 0 aromatic carbocycles. The molecule has 22 heavy (non-hydrogen) atoms. The standard InChI is InChI=1S/C13H17N3O6/c14-13(21)15-9(17)6-22-10(18)5-16-11(19)7-3-1-2-4-8(7)12(16)20/h7-8H,1-6H2,(H3,14,15,17,21)/t7-,8+. The van der Waals surface area contributed by atoms with Gasteiger partial charge in [0.25, 0.3) is 5.91 Å². The molecule has 1 heterocycles. The number of urea groups is 1. The number of ether oxygens (including phenoxy) is 1. The number of primary amides is 1. The number of carbonyl (C=O) groups excluding carboxylic acids is 5. The van der Waals surface area contributed by atoms with E-state index in [2.05, 4.69) is 4.74 Å². The van der Waals surface area contributed by atoms with E-state index in [1.54, 1.807) is 5.32 Å². The summed E-state index contributed by atoms with van der Waals surface area (Å²) in [6, 6.07) is -1.06. The second-order valence-corrected chi connectivity index (χ2v) is 5.33. The summed E-state index contributed by atoms with van der Waals surface area (Å²) < 4.78 is 4.61. The summed E-state index contributed by atoms with van der Waals surface area (Å²) >= 11 is 0. The van der Waals surface area contributed by atoms with E-state index >= 15 is 0 Å². The first-order valence-corrected chi connectivity index (χ1v) is 7.00. The largest absolute Gasteiger partial charge is 0.454 e. The van der Waals surface area contributed by atoms with Crippen molar-refractivity contribution in [2.24, 2.45) is 17.6 Å². The molecule has 3 N–H and O–H groups in total. The topological polar surface area (TPSA) is 136 Å². The van der Waals surface area contributed by atoms with Gasteiger partial charge in [0, 0.05) is 0 Å². The Labute approximate surface area is 126 Å². The Morgan fingerprint density at radius 3 is 2.18 bits per heavy atom. The minimum atomic E-state index is -1.06. The lowest BCUT2D eigenvalue weighted by molar-refractivity contribution is -0.154. The molecule has 9 nitrogen and oxygen atoms in total. The summed E-state index contributed by atoms with van der Waals surface area (Å²) in [4.78, 5) is 58.3. The van der Waals surface area contributed by atoms with Crippen LogP contribution >= 0.6 is 0 Å². The number of nitrogens with two attached hydrogens (primary N) is 1. The van der Waals surface area contributed by atoms with Crippen LogP contribution in [0.2, 0.25) is 0 Å². The van der Waals surface area contributed by atoms with E-state index in [4.69, 9.17) is 5.73 Å². The molecule has 1 saturated heterocycles. The van der Waals surface area contributed by atoms with Crippen molar-refractivity contribution in [1.29, 1.82) is 0 Å². The van der Waals surface area contributed by atoms with Gasteiger partial charge in [0.1, 0.15) is 6.54 Å². The fraction of sp³-hybridized carbons (Fsp3) is 0.615. The highest BCUT2D eigenvalue weighted by Gasteiger charge is 2.48. The predicted octanol–water partition coefficient (Wildman–Crippen LogP) is -1.10. The molecule has 0 unspecified atom stereocenters. The Kier molecular flexibility index (Phi) is 4.74. The molecule has 2 fully saturated rings. The number of rotatable bonds is 4. The molecule has 0 aromatic rings. The highest BCUT2D eigenvalue weighted by atomic mass is 16.5. The van der Waals surface area contributed by atoms with Crippen LogP contribution in [0, 0.1) is 11.8 Å². The number of likely N-dealkylation sites (tertiary alicyclic amines) is 1. The first kappa shape index (κ1) is 15.9. The summed E-state index contributed by atoms with van der Waals surface area (Å²) in [5.74, 6) is -3.16. The third-order valence-electron chi connectivity index (χ3n) is 3.85. The molecule has 120 valence electrons. The molecule has 0 bridgehead atoms. The van der Waals surface area contributed by atoms with E-state index < -0.39 is 31.1 Å². The maximum Gasteiger partial charge on any atom is 0.326 e. The first-order valence-electron chi connectivity index (χ1n) is 7.00. The lowest BCUT2D eigenvalue weighted by Crippen LogP contribution is -2.40. The van der Waals surface area contributed by atoms with Crippen LogP contribution in [0.3, 0.4) is 0 Å². The van der Waals surface area contributed by atoms with Crippen molar-refractivity contribution in [3.63, 3.8) is 0 Å². The average molecular weight is 311 g/mol. The molecule has 5 amide bonds. The minimum absolute atomic E-state index is 0.341. The third kappa shape index (κ3) is 3.41. The summed E-state index contributed by atoms with van der Waals surface area (Å²) in [6.07, 6.45) is 3.10. The number of hydrogen-bond acceptors (Lipinski definition) is 6. The molecular weight excluding hydrogens is 294 g/mol. The fourth-order valence-corrected chi connectivity index (χ4v) is 2.88. The van der Waals surface area contributed by atoms with E-state index in [-0.39, 0.29) is 23.7 Å². The van der Waals surface area contributed by atoms with E-state index in [0.717, 1.165) is 17.7 Å². The van der Waals surface area contributed by atoms with Crippen LogP contribution in [0.25, 0.3) is 0 Å². The highest BCUT2D eigenvalue weighted by molar-refractivity contribution is 6.07. The zero-order chi connectivity index (χ0) is 16.3. The van der Waals surface area contributed by atoms with Crippen LogP contribution < -0.4 is 11.1 Å². The molecule has 1 saturated carbocycles. The zero-order valence-corrected chi connectivity index (χ0v) is 11.9. The van der Waals surface area contributed by atoms with Crippen LogP contribution in [-0.2, 0) is 23.9 Å². The molecular formula is C13H17N3O6. The monoisotopic (exact) mass is 311 g/mol. The molecule has 0 radical (unpaired) electrons. The highest BCUT2D eigenvalue weighted by Crippen LogP contribution is 2.37. The Balaban J connectivity index is 1.86. The van der Waals surface area contributed by atoms with Crippen LogP contribution in [0.4, 0.5) is 4.79 Å². The van der Waals surface area contributed by atoms with Crippen molar-refractivity contribution in [3.8, 4) is 0 Å². The van der Waals surface area contributed by atoms with Crippen LogP contribution in [-0.4, -0.2) is 47.8 Å². The van der Waals surface area contributed by atoms with Crippen molar-refractivity contribution in [2.45, 2.75) is 25.7 Å². The molecule has 0 spiro atoms. The van der Waals surface area contributed by atoms with Gasteiger partial charge < -0.3 is 10.5 Å². The lowest BCUT2D eigenvalue weighted by Gasteiger charge is -2.19. The van der Waals surface area contributed by atoms with Gasteiger partial charge in [-0.1, -0.05) is 12.8 Å². The van der Waals surface area contributed by atoms with Crippen molar-refractivity contribution >= 4 is 29.7 Å². The summed E-state index contributed by atoms with van der Waals surface area (Å²) in [5.41, 5.74) is 4.73. The molecule has 9 heteroatoms. The molecule has 2 atom stereocenters. The Morgan fingerprint density at radius 2 is 1.68 bits per heavy atom. The third-order valence-corrected chi connectivity index (χ3v) is 3.85. The maximum atomic E-state index is 12.1. The van der Waals surface area contributed by atoms with Crippen LogP contribution in [0.15, 0.2) is 0 Å². The molecule has 1 aliphatic carbocycles. The maximum absolute atomic E-state index is 12.1. The molecule has 0 aromatic heterocycles. The van der Waals surface area contributed by atoms with E-state index in [1.165, 1.54) is 0 Å². The van der Waals surface area contributed by atoms with Crippen molar-refractivity contribution < 1.29 is 28.7 Å². The second kappa shape index (κ2) is 6.54. The van der Waals surface area contributed by atoms with E-state index in [1.807, 2.05) is 0 Å². The number of fused-ring (bicyclic) bond motifs is 1. The molecule has 2 aliphatic rings. The van der Waals surface area contributed by atoms with Gasteiger partial charge in [-0.2, -0.15) is 0 Å². The van der Waals surface area contributed by atoms with Gasteiger partial charge in [0.05, 0.1) is 11.8 Å². The van der Waals surface area contributed by atoms with E-state index in [0.29, 0.717) is 12.8 Å². The van der Waals surface area contributed by atoms with Gasteiger partial charge in [-0.25, -0.2) is 4.79 Å². The van der Waals surface area contributed by atoms with Gasteiger partial charge in [0.15, 0.2) is 6.61 Å². The van der Waals surface area contributed by atoms with E-state index in [9.17, 15) is 24.0 Å². The fourth-order valence-electron chi connectivity index (χ4n) is 2.88. The number of nitrogens with zero attached hydrogens (tertiary/aromatic N) is 1. The van der Waals surface area contributed by atoms with Gasteiger partial charge in [-0.05, 0) is 12.8 Å². The quantitative estimate of drug-likeness (QED) is 0.499. The number of nitrogens with one attached hydrogen (secondary N) is 1. The summed E-state index contributed by atoms with van der Waals surface area (Å²) in [7, 11) is 0. The number of hydrogen-bond donors (Lipinski definition) is 2. The predicted molar refractivity (Wildman–Crippen MR) is 70.9 cm³/mol. The van der Waals surface area contributed by atoms with Gasteiger partial charge in [-0.15, -0.1) is 0 Å². The Morgan fingerprint density at radius 1 is 1.14 bits per heavy atom. The number of amides is 5. The van der Waals surface area contributed by atoms with Crippen LogP contribution in [0.5, 0.6) is 0 Å². The second-order valence-electron chi connectivity index (χ2n) is 5.33. The number of imide groups is 2. The number of esters is 1. The molecule has 2 rings (SSSR count). The Hall–Kier alpha value is -2.45. The van der Waals surface area contributed by atoms with Gasteiger partial charge in [-0.3, -0.25) is 29.4 Å². The minimum Gasteiger partial charge on any atom is -0.454 e. The lowest BCUT2D eigenvalue weighted by atomic mass is 9.81. The molecule has 1 aliphatic heterocycles. The average Bonchev–Trinajstić information content (AvgIpc) is 2.70. The Bertz CT molecular complexity index is 508.